The summed E-state index contributed by atoms with van der Waals surface area (Å²) in [7, 11) is 2.04. The maximum Gasteiger partial charge on any atom is 0.123 e. The molecule has 3 aromatic carbocycles. The van der Waals surface area contributed by atoms with E-state index in [0.29, 0.717) is 0 Å². The van der Waals surface area contributed by atoms with Crippen LogP contribution in [0.3, 0.4) is 0 Å². The van der Waals surface area contributed by atoms with Crippen molar-refractivity contribution in [3.8, 4) is 22.4 Å². The van der Waals surface area contributed by atoms with Crippen LogP contribution in [0.2, 0.25) is 0 Å². The summed E-state index contributed by atoms with van der Waals surface area (Å²) in [5.74, 6) is -0.216. The van der Waals surface area contributed by atoms with E-state index in [-0.39, 0.29) is 5.82 Å². The van der Waals surface area contributed by atoms with Gasteiger partial charge >= 0.3 is 0 Å². The molecule has 0 unspecified atom stereocenters. The van der Waals surface area contributed by atoms with Crippen molar-refractivity contribution in [3.63, 3.8) is 0 Å². The smallest absolute Gasteiger partial charge is 0.123 e. The predicted molar refractivity (Wildman–Crippen MR) is 93.7 cm³/mol. The second-order valence-electron chi connectivity index (χ2n) is 5.68. The molecule has 0 aliphatic carbocycles. The molecule has 4 aromatic rings. The monoisotopic (exact) mass is 301 g/mol. The van der Waals surface area contributed by atoms with Crippen LogP contribution in [0.15, 0.2) is 78.9 Å². The van der Waals surface area contributed by atoms with Gasteiger partial charge in [-0.25, -0.2) is 4.39 Å². The van der Waals surface area contributed by atoms with Crippen molar-refractivity contribution in [2.24, 2.45) is 7.05 Å². The first-order valence-corrected chi connectivity index (χ1v) is 7.64. The van der Waals surface area contributed by atoms with Crippen LogP contribution >= 0.6 is 0 Å². The minimum Gasteiger partial charge on any atom is -0.343 e. The zero-order chi connectivity index (χ0) is 15.8. The summed E-state index contributed by atoms with van der Waals surface area (Å²) in [4.78, 5) is 0. The molecule has 112 valence electrons. The quantitative estimate of drug-likeness (QED) is 0.451. The largest absolute Gasteiger partial charge is 0.343 e. The Balaban J connectivity index is 2.13. The number of fused-ring (bicyclic) bond motifs is 1. The first-order valence-electron chi connectivity index (χ1n) is 7.64. The van der Waals surface area contributed by atoms with Gasteiger partial charge in [0.2, 0.25) is 0 Å². The molecule has 4 rings (SSSR count). The molecule has 1 aromatic heterocycles. The normalized spacial score (nSPS) is 11.0. The topological polar surface area (TPSA) is 4.93 Å². The summed E-state index contributed by atoms with van der Waals surface area (Å²) < 4.78 is 15.9. The Morgan fingerprint density at radius 2 is 1.43 bits per heavy atom. The molecule has 0 bridgehead atoms. The molecule has 0 fully saturated rings. The second-order valence-corrected chi connectivity index (χ2v) is 5.68. The lowest BCUT2D eigenvalue weighted by atomic mass is 9.98. The maximum atomic E-state index is 13.8. The maximum absolute atomic E-state index is 13.8. The van der Waals surface area contributed by atoms with Gasteiger partial charge in [0.05, 0.1) is 5.69 Å². The van der Waals surface area contributed by atoms with E-state index < -0.39 is 0 Å². The van der Waals surface area contributed by atoms with Gasteiger partial charge in [-0.05, 0) is 23.8 Å². The Hall–Kier alpha value is -2.87. The number of para-hydroxylation sites is 1. The molecule has 1 heterocycles. The lowest BCUT2D eigenvalue weighted by molar-refractivity contribution is 0.628. The van der Waals surface area contributed by atoms with Gasteiger partial charge in [-0.15, -0.1) is 0 Å². The van der Waals surface area contributed by atoms with Crippen molar-refractivity contribution < 1.29 is 4.39 Å². The minimum atomic E-state index is -0.216. The van der Waals surface area contributed by atoms with E-state index in [1.807, 2.05) is 43.4 Å². The molecule has 2 heteroatoms. The Morgan fingerprint density at radius 3 is 2.22 bits per heavy atom. The van der Waals surface area contributed by atoms with Gasteiger partial charge in [-0.1, -0.05) is 60.7 Å². The number of rotatable bonds is 2. The number of halogens is 1. The lowest BCUT2D eigenvalue weighted by Crippen LogP contribution is -1.93. The van der Waals surface area contributed by atoms with Crippen LogP contribution in [0.25, 0.3) is 33.3 Å². The highest BCUT2D eigenvalue weighted by atomic mass is 19.1. The molecule has 23 heavy (non-hydrogen) atoms. The third-order valence-corrected chi connectivity index (χ3v) is 4.27. The van der Waals surface area contributed by atoms with Crippen molar-refractivity contribution in [3.05, 3.63) is 84.7 Å². The molecule has 0 atom stereocenters. The van der Waals surface area contributed by atoms with Crippen LogP contribution in [0, 0.1) is 5.82 Å². The third-order valence-electron chi connectivity index (χ3n) is 4.27. The van der Waals surface area contributed by atoms with Crippen LogP contribution in [0.5, 0.6) is 0 Å². The summed E-state index contributed by atoms with van der Waals surface area (Å²) in [6.45, 7) is 0. The number of nitrogens with zero attached hydrogens (tertiary/aromatic N) is 1. The van der Waals surface area contributed by atoms with E-state index in [4.69, 9.17) is 0 Å². The van der Waals surface area contributed by atoms with Crippen molar-refractivity contribution >= 4 is 10.9 Å². The molecule has 0 aliphatic rings. The zero-order valence-corrected chi connectivity index (χ0v) is 12.8. The molecular formula is C21H16FN. The van der Waals surface area contributed by atoms with E-state index >= 15 is 0 Å². The van der Waals surface area contributed by atoms with Gasteiger partial charge in [-0.2, -0.15) is 0 Å². The van der Waals surface area contributed by atoms with Crippen molar-refractivity contribution in [2.45, 2.75) is 0 Å². The van der Waals surface area contributed by atoms with Gasteiger partial charge < -0.3 is 4.57 Å². The zero-order valence-electron chi connectivity index (χ0n) is 12.8. The summed E-state index contributed by atoms with van der Waals surface area (Å²) in [5.41, 5.74) is 5.36. The highest BCUT2D eigenvalue weighted by Gasteiger charge is 2.17. The van der Waals surface area contributed by atoms with Gasteiger partial charge in [0.15, 0.2) is 0 Å². The van der Waals surface area contributed by atoms with E-state index in [1.54, 1.807) is 12.1 Å². The van der Waals surface area contributed by atoms with Crippen molar-refractivity contribution in [2.75, 3.05) is 0 Å². The van der Waals surface area contributed by atoms with Gasteiger partial charge in [0.25, 0.3) is 0 Å². The third kappa shape index (κ3) is 2.23. The van der Waals surface area contributed by atoms with Gasteiger partial charge in [-0.3, -0.25) is 0 Å². The number of aryl methyl sites for hydroxylation is 1. The van der Waals surface area contributed by atoms with E-state index in [1.165, 1.54) is 11.5 Å². The summed E-state index contributed by atoms with van der Waals surface area (Å²) >= 11 is 0. The van der Waals surface area contributed by atoms with Crippen molar-refractivity contribution in [1.82, 2.24) is 4.57 Å². The highest BCUT2D eigenvalue weighted by Crippen LogP contribution is 2.40. The summed E-state index contributed by atoms with van der Waals surface area (Å²) in [6, 6.07) is 25.4. The predicted octanol–water partition coefficient (Wildman–Crippen LogP) is 5.65. The molecule has 0 amide bonds. The van der Waals surface area contributed by atoms with E-state index in [9.17, 15) is 4.39 Å². The average Bonchev–Trinajstić information content (AvgIpc) is 2.89. The Kier molecular flexibility index (Phi) is 3.23. The Labute approximate surface area is 134 Å². The van der Waals surface area contributed by atoms with E-state index in [2.05, 4.69) is 28.8 Å². The van der Waals surface area contributed by atoms with Crippen LogP contribution in [-0.4, -0.2) is 4.57 Å². The highest BCUT2D eigenvalue weighted by molar-refractivity contribution is 6.04. The Bertz CT molecular complexity index is 983. The minimum absolute atomic E-state index is 0.216. The fraction of sp³-hybridized carbons (Fsp3) is 0.0476. The molecule has 0 saturated carbocycles. The number of hydrogen-bond acceptors (Lipinski definition) is 0. The van der Waals surface area contributed by atoms with Gasteiger partial charge in [0.1, 0.15) is 5.82 Å². The Morgan fingerprint density at radius 1 is 0.739 bits per heavy atom. The van der Waals surface area contributed by atoms with Crippen LogP contribution in [-0.2, 0) is 7.05 Å². The number of aromatic nitrogens is 1. The number of hydrogen-bond donors (Lipinski definition) is 0. The molecule has 0 radical (unpaired) electrons. The first-order chi connectivity index (χ1) is 11.3. The lowest BCUT2D eigenvalue weighted by Gasteiger charge is -2.09. The molecule has 1 nitrogen and oxygen atoms in total. The summed E-state index contributed by atoms with van der Waals surface area (Å²) in [6.07, 6.45) is 0. The average molecular weight is 301 g/mol. The van der Waals surface area contributed by atoms with Crippen LogP contribution < -0.4 is 0 Å². The summed E-state index contributed by atoms with van der Waals surface area (Å²) in [5, 5.41) is 1.18. The second kappa shape index (κ2) is 5.40. The molecule has 0 aliphatic heterocycles. The molecule has 0 spiro atoms. The fourth-order valence-corrected chi connectivity index (χ4v) is 3.26. The number of benzene rings is 3. The molecule has 0 saturated heterocycles. The van der Waals surface area contributed by atoms with Crippen LogP contribution in [0.1, 0.15) is 0 Å². The fourth-order valence-electron chi connectivity index (χ4n) is 3.26. The SMILES string of the molecule is Cn1c(-c2cccc(F)c2)c(-c2ccccc2)c2ccccc21. The van der Waals surface area contributed by atoms with Gasteiger partial charge in [0, 0.05) is 29.1 Å². The first kappa shape index (κ1) is 13.8. The molecule has 0 N–H and O–H groups in total. The van der Waals surface area contributed by atoms with Crippen LogP contribution in [0.4, 0.5) is 4.39 Å². The molecular weight excluding hydrogens is 285 g/mol. The van der Waals surface area contributed by atoms with Crippen molar-refractivity contribution in [1.29, 1.82) is 0 Å². The standard InChI is InChI=1S/C21H16FN/c1-23-19-13-6-5-12-18(19)20(15-8-3-2-4-9-15)21(23)16-10-7-11-17(22)14-16/h2-14H,1H3. The van der Waals surface area contributed by atoms with E-state index in [0.717, 1.165) is 27.9 Å².